The molecule has 0 spiro atoms. The SMILES string of the molecule is O=c1ccc2c(-n3ccc(C(F)(F)F)n3)nccc2[nH]1. The summed E-state index contributed by atoms with van der Waals surface area (Å²) < 4.78 is 38.7. The minimum atomic E-state index is -4.51. The quantitative estimate of drug-likeness (QED) is 0.742. The van der Waals surface area contributed by atoms with Gasteiger partial charge in [-0.25, -0.2) is 9.67 Å². The van der Waals surface area contributed by atoms with Crippen LogP contribution in [-0.4, -0.2) is 19.7 Å². The highest BCUT2D eigenvalue weighted by Crippen LogP contribution is 2.28. The van der Waals surface area contributed by atoms with Gasteiger partial charge in [-0.05, 0) is 18.2 Å². The molecular formula is C12H7F3N4O. The van der Waals surface area contributed by atoms with Crippen molar-refractivity contribution < 1.29 is 13.2 Å². The molecule has 0 aliphatic heterocycles. The lowest BCUT2D eigenvalue weighted by Gasteiger charge is -2.05. The van der Waals surface area contributed by atoms with E-state index in [1.165, 1.54) is 24.5 Å². The summed E-state index contributed by atoms with van der Waals surface area (Å²) in [5.41, 5.74) is -0.821. The van der Waals surface area contributed by atoms with E-state index < -0.39 is 11.9 Å². The number of hydrogen-bond acceptors (Lipinski definition) is 3. The van der Waals surface area contributed by atoms with Crippen LogP contribution in [0.15, 0.2) is 41.5 Å². The van der Waals surface area contributed by atoms with Crippen LogP contribution < -0.4 is 5.56 Å². The highest BCUT2D eigenvalue weighted by Gasteiger charge is 2.33. The lowest BCUT2D eigenvalue weighted by Crippen LogP contribution is -2.09. The van der Waals surface area contributed by atoms with Crippen molar-refractivity contribution in [2.45, 2.75) is 6.18 Å². The minimum absolute atomic E-state index is 0.217. The van der Waals surface area contributed by atoms with Gasteiger partial charge in [-0.2, -0.15) is 18.3 Å². The number of rotatable bonds is 1. The fourth-order valence-electron chi connectivity index (χ4n) is 1.84. The molecule has 5 nitrogen and oxygen atoms in total. The van der Waals surface area contributed by atoms with Crippen molar-refractivity contribution in [1.29, 1.82) is 0 Å². The fourth-order valence-corrected chi connectivity index (χ4v) is 1.84. The molecule has 3 aromatic rings. The predicted molar refractivity (Wildman–Crippen MR) is 64.5 cm³/mol. The Morgan fingerprint density at radius 3 is 2.65 bits per heavy atom. The van der Waals surface area contributed by atoms with Gasteiger partial charge in [0.2, 0.25) is 5.56 Å². The van der Waals surface area contributed by atoms with Crippen LogP contribution in [0.2, 0.25) is 0 Å². The first-order valence-electron chi connectivity index (χ1n) is 5.56. The Morgan fingerprint density at radius 1 is 1.15 bits per heavy atom. The zero-order chi connectivity index (χ0) is 14.3. The Balaban J connectivity index is 2.20. The second-order valence-electron chi connectivity index (χ2n) is 4.06. The summed E-state index contributed by atoms with van der Waals surface area (Å²) in [7, 11) is 0. The predicted octanol–water partition coefficient (Wildman–Crippen LogP) is 2.13. The highest BCUT2D eigenvalue weighted by atomic mass is 19.4. The number of alkyl halides is 3. The maximum absolute atomic E-state index is 12.5. The standard InChI is InChI=1S/C12H7F3N4O/c13-12(14,15)9-4-6-19(18-9)11-7-1-2-10(20)17-8(7)3-5-16-11/h1-6H,(H,17,20). The number of nitrogens with one attached hydrogen (secondary N) is 1. The van der Waals surface area contributed by atoms with Crippen LogP contribution in [0, 0.1) is 0 Å². The van der Waals surface area contributed by atoms with E-state index in [1.54, 1.807) is 6.07 Å². The third-order valence-electron chi connectivity index (χ3n) is 2.72. The molecule has 0 aliphatic carbocycles. The Morgan fingerprint density at radius 2 is 1.95 bits per heavy atom. The molecule has 3 aromatic heterocycles. The van der Waals surface area contributed by atoms with E-state index in [1.807, 2.05) is 0 Å². The first-order chi connectivity index (χ1) is 9.45. The lowest BCUT2D eigenvalue weighted by atomic mass is 10.2. The van der Waals surface area contributed by atoms with Gasteiger partial charge in [-0.3, -0.25) is 4.79 Å². The first kappa shape index (κ1) is 12.4. The van der Waals surface area contributed by atoms with Gasteiger partial charge < -0.3 is 4.98 Å². The van der Waals surface area contributed by atoms with Crippen molar-refractivity contribution in [3.63, 3.8) is 0 Å². The summed E-state index contributed by atoms with van der Waals surface area (Å²) in [4.78, 5) is 17.8. The second-order valence-corrected chi connectivity index (χ2v) is 4.06. The lowest BCUT2D eigenvalue weighted by molar-refractivity contribution is -0.141. The molecule has 102 valence electrons. The van der Waals surface area contributed by atoms with Crippen molar-refractivity contribution in [2.75, 3.05) is 0 Å². The third-order valence-corrected chi connectivity index (χ3v) is 2.72. The van der Waals surface area contributed by atoms with Crippen molar-refractivity contribution in [2.24, 2.45) is 0 Å². The van der Waals surface area contributed by atoms with Crippen LogP contribution in [0.3, 0.4) is 0 Å². The Kier molecular flexibility index (Phi) is 2.60. The molecule has 0 bridgehead atoms. The van der Waals surface area contributed by atoms with Crippen LogP contribution in [-0.2, 0) is 6.18 Å². The highest BCUT2D eigenvalue weighted by molar-refractivity contribution is 5.84. The first-order valence-corrected chi connectivity index (χ1v) is 5.56. The van der Waals surface area contributed by atoms with Crippen LogP contribution >= 0.6 is 0 Å². The molecule has 3 rings (SSSR count). The zero-order valence-electron chi connectivity index (χ0n) is 9.85. The van der Waals surface area contributed by atoms with Crippen molar-refractivity contribution >= 4 is 10.9 Å². The van der Waals surface area contributed by atoms with Gasteiger partial charge in [0.1, 0.15) is 0 Å². The monoisotopic (exact) mass is 280 g/mol. The molecule has 0 atom stereocenters. The molecule has 20 heavy (non-hydrogen) atoms. The number of halogens is 3. The van der Waals surface area contributed by atoms with E-state index in [0.29, 0.717) is 10.9 Å². The smallest absolute Gasteiger partial charge is 0.322 e. The number of aromatic nitrogens is 4. The third kappa shape index (κ3) is 2.04. The molecule has 8 heteroatoms. The van der Waals surface area contributed by atoms with E-state index in [-0.39, 0.29) is 11.4 Å². The molecule has 0 saturated heterocycles. The van der Waals surface area contributed by atoms with E-state index in [2.05, 4.69) is 15.1 Å². The number of aromatic amines is 1. The normalized spacial score (nSPS) is 11.9. The maximum Gasteiger partial charge on any atom is 0.435 e. The van der Waals surface area contributed by atoms with Crippen LogP contribution in [0.4, 0.5) is 13.2 Å². The molecule has 0 aromatic carbocycles. The summed E-state index contributed by atoms with van der Waals surface area (Å²) in [6.07, 6.45) is -1.94. The number of pyridine rings is 2. The zero-order valence-corrected chi connectivity index (χ0v) is 9.85. The molecule has 0 aliphatic rings. The Bertz CT molecular complexity index is 834. The Hall–Kier alpha value is -2.64. The van der Waals surface area contributed by atoms with Crippen LogP contribution in [0.25, 0.3) is 16.7 Å². The largest absolute Gasteiger partial charge is 0.435 e. The van der Waals surface area contributed by atoms with E-state index in [0.717, 1.165) is 10.7 Å². The topological polar surface area (TPSA) is 63.6 Å². The molecule has 0 fully saturated rings. The maximum atomic E-state index is 12.5. The van der Waals surface area contributed by atoms with E-state index in [9.17, 15) is 18.0 Å². The van der Waals surface area contributed by atoms with Gasteiger partial charge in [0, 0.05) is 23.8 Å². The van der Waals surface area contributed by atoms with Gasteiger partial charge in [0.25, 0.3) is 0 Å². The van der Waals surface area contributed by atoms with Crippen LogP contribution in [0.1, 0.15) is 5.69 Å². The minimum Gasteiger partial charge on any atom is -0.322 e. The van der Waals surface area contributed by atoms with E-state index in [4.69, 9.17) is 0 Å². The fraction of sp³-hybridized carbons (Fsp3) is 0.0833. The summed E-state index contributed by atoms with van der Waals surface area (Å²) in [6.45, 7) is 0. The number of nitrogens with zero attached hydrogens (tertiary/aromatic N) is 3. The Labute approximate surface area is 109 Å². The summed E-state index contributed by atoms with van der Waals surface area (Å²) in [5, 5.41) is 3.97. The molecule has 0 unspecified atom stereocenters. The van der Waals surface area contributed by atoms with Crippen molar-refractivity contribution in [1.82, 2.24) is 19.7 Å². The molecule has 0 saturated carbocycles. The molecule has 0 amide bonds. The van der Waals surface area contributed by atoms with Gasteiger partial charge in [-0.15, -0.1) is 0 Å². The molecule has 3 heterocycles. The van der Waals surface area contributed by atoms with Crippen molar-refractivity contribution in [3.8, 4) is 5.82 Å². The average molecular weight is 280 g/mol. The molecule has 1 N–H and O–H groups in total. The van der Waals surface area contributed by atoms with Gasteiger partial charge in [0.15, 0.2) is 11.5 Å². The average Bonchev–Trinajstić information content (AvgIpc) is 2.87. The number of H-pyrrole nitrogens is 1. The van der Waals surface area contributed by atoms with Gasteiger partial charge in [0.05, 0.1) is 5.52 Å². The number of fused-ring (bicyclic) bond motifs is 1. The van der Waals surface area contributed by atoms with E-state index >= 15 is 0 Å². The van der Waals surface area contributed by atoms with Gasteiger partial charge in [-0.1, -0.05) is 0 Å². The summed E-state index contributed by atoms with van der Waals surface area (Å²) in [5.74, 6) is 0.217. The number of hydrogen-bond donors (Lipinski definition) is 1. The molecule has 0 radical (unpaired) electrons. The van der Waals surface area contributed by atoms with Crippen molar-refractivity contribution in [3.05, 3.63) is 52.7 Å². The summed E-state index contributed by atoms with van der Waals surface area (Å²) >= 11 is 0. The van der Waals surface area contributed by atoms with Gasteiger partial charge >= 0.3 is 6.18 Å². The molecular weight excluding hydrogens is 273 g/mol. The second kappa shape index (κ2) is 4.19. The van der Waals surface area contributed by atoms with Crippen LogP contribution in [0.5, 0.6) is 0 Å². The summed E-state index contributed by atoms with van der Waals surface area (Å²) in [6, 6.07) is 5.20.